The maximum absolute atomic E-state index is 12.0. The summed E-state index contributed by atoms with van der Waals surface area (Å²) >= 11 is 0. The van der Waals surface area contributed by atoms with E-state index in [1.54, 1.807) is 0 Å². The lowest BCUT2D eigenvalue weighted by molar-refractivity contribution is -0.154. The molecule has 0 unspecified atom stereocenters. The molecule has 0 aromatic rings. The van der Waals surface area contributed by atoms with Gasteiger partial charge in [-0.15, -0.1) is 0 Å². The average Bonchev–Trinajstić information content (AvgIpc) is 2.78. The van der Waals surface area contributed by atoms with Crippen molar-refractivity contribution in [3.63, 3.8) is 0 Å². The van der Waals surface area contributed by atoms with Crippen molar-refractivity contribution in [1.82, 2.24) is 0 Å². The van der Waals surface area contributed by atoms with Gasteiger partial charge in [-0.05, 0) is 19.3 Å². The zero-order chi connectivity index (χ0) is 23.9. The Labute approximate surface area is 196 Å². The summed E-state index contributed by atoms with van der Waals surface area (Å²) in [5, 5.41) is 0. The molecule has 0 aromatic heterocycles. The summed E-state index contributed by atoms with van der Waals surface area (Å²) in [6, 6.07) is 0. The van der Waals surface area contributed by atoms with Gasteiger partial charge in [0.05, 0.1) is 26.2 Å². The van der Waals surface area contributed by atoms with Crippen molar-refractivity contribution in [3.05, 3.63) is 0 Å². The highest BCUT2D eigenvalue weighted by molar-refractivity contribution is 5.71. The van der Waals surface area contributed by atoms with E-state index in [2.05, 4.69) is 13.8 Å². The second kappa shape index (κ2) is 22.6. The normalized spacial score (nSPS) is 10.9. The molecule has 188 valence electrons. The maximum atomic E-state index is 12.0. The molecule has 0 fully saturated rings. The molecule has 0 atom stereocenters. The lowest BCUT2D eigenvalue weighted by atomic mass is 10.1. The van der Waals surface area contributed by atoms with Gasteiger partial charge in [-0.25, -0.2) is 0 Å². The Morgan fingerprint density at radius 1 is 0.531 bits per heavy atom. The molecule has 0 saturated heterocycles. The monoisotopic (exact) mass is 456 g/mol. The van der Waals surface area contributed by atoms with E-state index in [4.69, 9.17) is 14.2 Å². The second-order valence-electron chi connectivity index (χ2n) is 8.69. The number of unbranched alkanes of at least 4 members (excludes halogenated alkanes) is 10. The SMILES string of the molecule is CCCCCCCCC(=O)OCC(COC(=O)CCCCCCCC)CC(=O)OCCC. The standard InChI is InChI=1S/C26H48O6/c1-4-7-9-11-13-15-17-24(27)31-21-23(20-26(29)30-19-6-3)22-32-25(28)18-16-14-12-10-8-5-2/h23H,4-22H2,1-3H3. The molecule has 0 heterocycles. The van der Waals surface area contributed by atoms with Gasteiger partial charge < -0.3 is 14.2 Å². The summed E-state index contributed by atoms with van der Waals surface area (Å²) in [4.78, 5) is 36.1. The van der Waals surface area contributed by atoms with Gasteiger partial charge in [-0.3, -0.25) is 14.4 Å². The molecular weight excluding hydrogens is 408 g/mol. The highest BCUT2D eigenvalue weighted by atomic mass is 16.6. The molecule has 0 spiro atoms. The molecule has 0 rings (SSSR count). The van der Waals surface area contributed by atoms with Crippen LogP contribution in [0.4, 0.5) is 0 Å². The van der Waals surface area contributed by atoms with Crippen LogP contribution in [-0.2, 0) is 28.6 Å². The number of carbonyl (C=O) groups excluding carboxylic acids is 3. The number of hydrogen-bond donors (Lipinski definition) is 0. The van der Waals surface area contributed by atoms with Crippen molar-refractivity contribution in [3.8, 4) is 0 Å². The quantitative estimate of drug-likeness (QED) is 0.105. The number of esters is 3. The van der Waals surface area contributed by atoms with E-state index in [1.807, 2.05) is 6.92 Å². The molecule has 6 nitrogen and oxygen atoms in total. The van der Waals surface area contributed by atoms with Crippen LogP contribution in [0.25, 0.3) is 0 Å². The Morgan fingerprint density at radius 3 is 1.41 bits per heavy atom. The summed E-state index contributed by atoms with van der Waals surface area (Å²) in [7, 11) is 0. The molecule has 0 N–H and O–H groups in total. The summed E-state index contributed by atoms with van der Waals surface area (Å²) in [5.41, 5.74) is 0. The third kappa shape index (κ3) is 20.3. The van der Waals surface area contributed by atoms with Crippen LogP contribution in [0.3, 0.4) is 0 Å². The minimum absolute atomic E-state index is 0.0696. The van der Waals surface area contributed by atoms with Crippen LogP contribution in [0.2, 0.25) is 0 Å². The fraction of sp³-hybridized carbons (Fsp3) is 0.885. The lowest BCUT2D eigenvalue weighted by Crippen LogP contribution is -2.24. The van der Waals surface area contributed by atoms with Gasteiger partial charge in [0.2, 0.25) is 0 Å². The van der Waals surface area contributed by atoms with Crippen molar-refractivity contribution in [1.29, 1.82) is 0 Å². The van der Waals surface area contributed by atoms with Crippen LogP contribution < -0.4 is 0 Å². The molecule has 0 amide bonds. The Kier molecular flexibility index (Phi) is 21.5. The van der Waals surface area contributed by atoms with Crippen molar-refractivity contribution in [2.24, 2.45) is 5.92 Å². The van der Waals surface area contributed by atoms with Crippen LogP contribution in [0.1, 0.15) is 124 Å². The van der Waals surface area contributed by atoms with Gasteiger partial charge in [0.1, 0.15) is 0 Å². The second-order valence-corrected chi connectivity index (χ2v) is 8.69. The minimum Gasteiger partial charge on any atom is -0.466 e. The highest BCUT2D eigenvalue weighted by Gasteiger charge is 2.19. The predicted octanol–water partition coefficient (Wildman–Crippen LogP) is 6.53. The van der Waals surface area contributed by atoms with Crippen molar-refractivity contribution < 1.29 is 28.6 Å². The highest BCUT2D eigenvalue weighted by Crippen LogP contribution is 2.12. The molecule has 32 heavy (non-hydrogen) atoms. The van der Waals surface area contributed by atoms with E-state index in [9.17, 15) is 14.4 Å². The number of ether oxygens (including phenoxy) is 3. The molecule has 0 radical (unpaired) electrons. The summed E-state index contributed by atoms with van der Waals surface area (Å²) in [6.07, 6.45) is 14.8. The van der Waals surface area contributed by atoms with Crippen LogP contribution in [-0.4, -0.2) is 37.7 Å². The van der Waals surface area contributed by atoms with E-state index < -0.39 is 0 Å². The fourth-order valence-corrected chi connectivity index (χ4v) is 3.34. The topological polar surface area (TPSA) is 78.9 Å². The number of rotatable bonds is 22. The summed E-state index contributed by atoms with van der Waals surface area (Å²) in [5.74, 6) is -1.24. The molecule has 0 aromatic carbocycles. The Balaban J connectivity index is 4.24. The van der Waals surface area contributed by atoms with E-state index in [0.717, 1.165) is 44.9 Å². The lowest BCUT2D eigenvalue weighted by Gasteiger charge is -2.17. The van der Waals surface area contributed by atoms with Gasteiger partial charge in [-0.1, -0.05) is 85.0 Å². The third-order valence-electron chi connectivity index (χ3n) is 5.35. The third-order valence-corrected chi connectivity index (χ3v) is 5.35. The largest absolute Gasteiger partial charge is 0.466 e. The Hall–Kier alpha value is -1.59. The predicted molar refractivity (Wildman–Crippen MR) is 127 cm³/mol. The minimum atomic E-state index is -0.374. The van der Waals surface area contributed by atoms with Gasteiger partial charge in [0.25, 0.3) is 0 Å². The average molecular weight is 457 g/mol. The first kappa shape index (κ1) is 30.4. The first-order chi connectivity index (χ1) is 15.5. The van der Waals surface area contributed by atoms with Crippen LogP contribution >= 0.6 is 0 Å². The van der Waals surface area contributed by atoms with Gasteiger partial charge in [-0.2, -0.15) is 0 Å². The van der Waals surface area contributed by atoms with Crippen molar-refractivity contribution >= 4 is 17.9 Å². The zero-order valence-electron chi connectivity index (χ0n) is 21.0. The molecule has 0 aliphatic rings. The Bertz CT molecular complexity index is 445. The smallest absolute Gasteiger partial charge is 0.306 e. The molecule has 0 saturated carbocycles. The molecule has 6 heteroatoms. The van der Waals surface area contributed by atoms with E-state index in [-0.39, 0.29) is 43.5 Å². The Morgan fingerprint density at radius 2 is 0.969 bits per heavy atom. The van der Waals surface area contributed by atoms with E-state index in [1.165, 1.54) is 38.5 Å². The maximum Gasteiger partial charge on any atom is 0.306 e. The molecule has 0 aliphatic carbocycles. The number of hydrogen-bond acceptors (Lipinski definition) is 6. The van der Waals surface area contributed by atoms with E-state index in [0.29, 0.717) is 19.4 Å². The van der Waals surface area contributed by atoms with E-state index >= 15 is 0 Å². The zero-order valence-corrected chi connectivity index (χ0v) is 21.0. The van der Waals surface area contributed by atoms with Gasteiger partial charge in [0, 0.05) is 18.8 Å². The van der Waals surface area contributed by atoms with Crippen LogP contribution in [0.5, 0.6) is 0 Å². The summed E-state index contributed by atoms with van der Waals surface area (Å²) in [6.45, 7) is 6.79. The molecular formula is C26H48O6. The van der Waals surface area contributed by atoms with Crippen molar-refractivity contribution in [2.45, 2.75) is 124 Å². The molecule has 0 bridgehead atoms. The van der Waals surface area contributed by atoms with Gasteiger partial charge in [0.15, 0.2) is 0 Å². The first-order valence-corrected chi connectivity index (χ1v) is 13.0. The summed E-state index contributed by atoms with van der Waals surface area (Å²) < 4.78 is 15.9. The first-order valence-electron chi connectivity index (χ1n) is 13.0. The fourth-order valence-electron chi connectivity index (χ4n) is 3.34. The van der Waals surface area contributed by atoms with Crippen LogP contribution in [0.15, 0.2) is 0 Å². The number of carbonyl (C=O) groups is 3. The van der Waals surface area contributed by atoms with Crippen molar-refractivity contribution in [2.75, 3.05) is 19.8 Å². The van der Waals surface area contributed by atoms with Gasteiger partial charge >= 0.3 is 17.9 Å². The molecule has 0 aliphatic heterocycles. The van der Waals surface area contributed by atoms with Crippen LogP contribution in [0, 0.1) is 5.92 Å².